The highest BCUT2D eigenvalue weighted by molar-refractivity contribution is 6.05. The molecule has 4 bridgehead atoms. The normalized spacial score (nSPS) is 28.1. The van der Waals surface area contributed by atoms with Gasteiger partial charge in [0.25, 0.3) is 5.91 Å². The molecule has 0 aliphatic heterocycles. The van der Waals surface area contributed by atoms with Gasteiger partial charge in [-0.1, -0.05) is 24.3 Å². The van der Waals surface area contributed by atoms with Crippen LogP contribution in [0.3, 0.4) is 0 Å². The highest BCUT2D eigenvalue weighted by atomic mass is 16.3. The maximum Gasteiger partial charge on any atom is 0.255 e. The summed E-state index contributed by atoms with van der Waals surface area (Å²) in [5.41, 5.74) is 3.88. The first-order chi connectivity index (χ1) is 17.0. The van der Waals surface area contributed by atoms with Crippen molar-refractivity contribution in [2.75, 3.05) is 0 Å². The molecule has 4 aliphatic rings. The Balaban J connectivity index is 1.08. The van der Waals surface area contributed by atoms with E-state index in [0.29, 0.717) is 5.56 Å². The van der Waals surface area contributed by atoms with Crippen molar-refractivity contribution < 1.29 is 13.6 Å². The van der Waals surface area contributed by atoms with Crippen molar-refractivity contribution >= 4 is 27.8 Å². The number of nitrogens with one attached hydrogen (secondary N) is 1. The molecule has 4 saturated carbocycles. The summed E-state index contributed by atoms with van der Waals surface area (Å²) in [6, 6.07) is 16.6. The van der Waals surface area contributed by atoms with Crippen LogP contribution in [0.4, 0.5) is 0 Å². The van der Waals surface area contributed by atoms with Crippen LogP contribution in [0.2, 0.25) is 0 Å². The summed E-state index contributed by atoms with van der Waals surface area (Å²) in [7, 11) is 0. The third kappa shape index (κ3) is 3.52. The minimum atomic E-state index is -0.0235. The quantitative estimate of drug-likeness (QED) is 0.335. The van der Waals surface area contributed by atoms with Gasteiger partial charge in [0.05, 0.1) is 5.56 Å². The van der Waals surface area contributed by atoms with Crippen molar-refractivity contribution in [3.63, 3.8) is 0 Å². The highest BCUT2D eigenvalue weighted by Crippen LogP contribution is 2.61. The second-order valence-electron chi connectivity index (χ2n) is 11.8. The molecule has 4 aliphatic carbocycles. The van der Waals surface area contributed by atoms with Gasteiger partial charge in [-0.05, 0) is 106 Å². The topological polar surface area (TPSA) is 55.4 Å². The first-order valence-corrected chi connectivity index (χ1v) is 13.3. The molecule has 4 heteroatoms. The number of fused-ring (bicyclic) bond motifs is 3. The molecule has 1 N–H and O–H groups in total. The second kappa shape index (κ2) is 7.74. The van der Waals surface area contributed by atoms with Gasteiger partial charge in [0.2, 0.25) is 0 Å². The van der Waals surface area contributed by atoms with Crippen molar-refractivity contribution in [2.24, 2.45) is 17.8 Å². The molecule has 2 aromatic heterocycles. The van der Waals surface area contributed by atoms with Crippen LogP contribution in [0.15, 0.2) is 57.4 Å². The van der Waals surface area contributed by atoms with E-state index in [2.05, 4.69) is 36.5 Å². The SMILES string of the molecule is Cc1oc(C23CC4CC(CC(C4)C2)C3)cc1C(=O)N[C@H](C)Cc1ccc2oc3ccccc3c2c1. The van der Waals surface area contributed by atoms with Gasteiger partial charge in [-0.2, -0.15) is 0 Å². The van der Waals surface area contributed by atoms with E-state index in [0.717, 1.165) is 57.6 Å². The number of hydrogen-bond donors (Lipinski definition) is 1. The zero-order chi connectivity index (χ0) is 23.7. The number of aryl methyl sites for hydroxylation is 1. The lowest BCUT2D eigenvalue weighted by molar-refractivity contribution is -0.0154. The van der Waals surface area contributed by atoms with Crippen LogP contribution in [-0.4, -0.2) is 11.9 Å². The summed E-state index contributed by atoms with van der Waals surface area (Å²) < 4.78 is 12.3. The third-order valence-electron chi connectivity index (χ3n) is 9.08. The van der Waals surface area contributed by atoms with E-state index in [1.165, 1.54) is 44.1 Å². The van der Waals surface area contributed by atoms with Crippen LogP contribution >= 0.6 is 0 Å². The van der Waals surface area contributed by atoms with Crippen molar-refractivity contribution in [1.29, 1.82) is 0 Å². The van der Waals surface area contributed by atoms with Gasteiger partial charge in [-0.25, -0.2) is 0 Å². The Morgan fingerprint density at radius 3 is 2.37 bits per heavy atom. The van der Waals surface area contributed by atoms with Crippen LogP contribution in [0.1, 0.15) is 72.9 Å². The van der Waals surface area contributed by atoms with Crippen molar-refractivity contribution in [3.8, 4) is 0 Å². The average Bonchev–Trinajstić information content (AvgIpc) is 3.39. The van der Waals surface area contributed by atoms with E-state index in [4.69, 9.17) is 8.83 Å². The Labute approximate surface area is 206 Å². The van der Waals surface area contributed by atoms with E-state index < -0.39 is 0 Å². The summed E-state index contributed by atoms with van der Waals surface area (Å²) in [6.45, 7) is 4.02. The van der Waals surface area contributed by atoms with Gasteiger partial charge in [0.15, 0.2) is 0 Å². The zero-order valence-electron chi connectivity index (χ0n) is 20.6. The van der Waals surface area contributed by atoms with Gasteiger partial charge in [-0.15, -0.1) is 0 Å². The summed E-state index contributed by atoms with van der Waals surface area (Å²) >= 11 is 0. The number of benzene rings is 2. The summed E-state index contributed by atoms with van der Waals surface area (Å²) in [5, 5.41) is 5.49. The molecule has 2 aromatic carbocycles. The summed E-state index contributed by atoms with van der Waals surface area (Å²) in [5.74, 6) is 4.37. The van der Waals surface area contributed by atoms with Gasteiger partial charge in [0, 0.05) is 22.2 Å². The fourth-order valence-corrected chi connectivity index (χ4v) is 7.99. The van der Waals surface area contributed by atoms with Gasteiger partial charge in [0.1, 0.15) is 22.7 Å². The Hall–Kier alpha value is -3.01. The minimum Gasteiger partial charge on any atom is -0.465 e. The maximum absolute atomic E-state index is 13.3. The molecule has 4 aromatic rings. The molecule has 0 saturated heterocycles. The first-order valence-electron chi connectivity index (χ1n) is 13.3. The van der Waals surface area contributed by atoms with Crippen LogP contribution in [0.5, 0.6) is 0 Å². The fraction of sp³-hybridized carbons (Fsp3) is 0.452. The number of hydrogen-bond acceptors (Lipinski definition) is 3. The molecule has 0 spiro atoms. The second-order valence-corrected chi connectivity index (χ2v) is 11.8. The number of furan rings is 2. The molecule has 180 valence electrons. The third-order valence-corrected chi connectivity index (χ3v) is 9.08. The predicted octanol–water partition coefficient (Wildman–Crippen LogP) is 7.32. The number of amides is 1. The Bertz CT molecular complexity index is 1400. The summed E-state index contributed by atoms with van der Waals surface area (Å²) in [4.78, 5) is 13.3. The largest absolute Gasteiger partial charge is 0.465 e. The lowest BCUT2D eigenvalue weighted by atomic mass is 9.49. The van der Waals surface area contributed by atoms with E-state index in [1.807, 2.05) is 31.2 Å². The molecule has 8 rings (SSSR count). The first kappa shape index (κ1) is 21.3. The van der Waals surface area contributed by atoms with E-state index in [-0.39, 0.29) is 17.4 Å². The van der Waals surface area contributed by atoms with Gasteiger partial charge < -0.3 is 14.2 Å². The average molecular weight is 468 g/mol. The van der Waals surface area contributed by atoms with Crippen LogP contribution < -0.4 is 5.32 Å². The lowest BCUT2D eigenvalue weighted by Crippen LogP contribution is -2.48. The number of carbonyl (C=O) groups is 1. The lowest BCUT2D eigenvalue weighted by Gasteiger charge is -2.55. The molecule has 35 heavy (non-hydrogen) atoms. The standard InChI is InChI=1S/C31H33NO3/c1-18(9-20-7-8-28-26(13-20)24-5-3-4-6-27(24)35-28)32-30(33)25-14-29(34-19(25)2)31-15-21-10-22(16-31)12-23(11-21)17-31/h3-8,13-14,18,21-23H,9-12,15-17H2,1-2H3,(H,32,33)/t18-,21?,22?,23?,31?/m1/s1. The minimum absolute atomic E-state index is 0.00964. The maximum atomic E-state index is 13.3. The number of para-hydroxylation sites is 1. The summed E-state index contributed by atoms with van der Waals surface area (Å²) in [6.07, 6.45) is 8.72. The monoisotopic (exact) mass is 467 g/mol. The highest BCUT2D eigenvalue weighted by Gasteiger charge is 2.53. The molecule has 4 fully saturated rings. The van der Waals surface area contributed by atoms with E-state index in [9.17, 15) is 4.79 Å². The Morgan fingerprint density at radius 2 is 1.63 bits per heavy atom. The Morgan fingerprint density at radius 1 is 0.943 bits per heavy atom. The Kier molecular flexibility index (Phi) is 4.71. The molecular weight excluding hydrogens is 434 g/mol. The predicted molar refractivity (Wildman–Crippen MR) is 138 cm³/mol. The number of rotatable bonds is 5. The molecule has 4 nitrogen and oxygen atoms in total. The number of carbonyl (C=O) groups excluding carboxylic acids is 1. The molecule has 0 radical (unpaired) electrons. The van der Waals surface area contributed by atoms with Gasteiger partial charge in [-0.3, -0.25) is 4.79 Å². The molecule has 2 heterocycles. The van der Waals surface area contributed by atoms with Crippen molar-refractivity contribution in [3.05, 3.63) is 71.2 Å². The fourth-order valence-electron chi connectivity index (χ4n) is 7.99. The molecule has 1 amide bonds. The van der Waals surface area contributed by atoms with E-state index in [1.54, 1.807) is 0 Å². The molecule has 0 unspecified atom stereocenters. The molecule has 1 atom stereocenters. The van der Waals surface area contributed by atoms with Crippen LogP contribution in [0.25, 0.3) is 21.9 Å². The smallest absolute Gasteiger partial charge is 0.255 e. The van der Waals surface area contributed by atoms with Crippen molar-refractivity contribution in [1.82, 2.24) is 5.32 Å². The van der Waals surface area contributed by atoms with Gasteiger partial charge >= 0.3 is 0 Å². The molecular formula is C31H33NO3. The zero-order valence-corrected chi connectivity index (χ0v) is 20.6. The van der Waals surface area contributed by atoms with E-state index >= 15 is 0 Å². The van der Waals surface area contributed by atoms with Crippen LogP contribution in [-0.2, 0) is 11.8 Å². The van der Waals surface area contributed by atoms with Crippen LogP contribution in [0, 0.1) is 24.7 Å². The van der Waals surface area contributed by atoms with Crippen molar-refractivity contribution in [2.45, 2.75) is 70.3 Å².